The third-order valence-corrected chi connectivity index (χ3v) is 4.48. The number of thiocarbonyl (C=S) groups is 1. The number of nitrogens with one attached hydrogen (secondary N) is 2. The fourth-order valence-electron chi connectivity index (χ4n) is 2.39. The van der Waals surface area contributed by atoms with Crippen LogP contribution in [-0.2, 0) is 13.1 Å². The van der Waals surface area contributed by atoms with Crippen LogP contribution < -0.4 is 10.6 Å². The highest BCUT2D eigenvalue weighted by Gasteiger charge is 2.05. The summed E-state index contributed by atoms with van der Waals surface area (Å²) >= 11 is 17.4. The molecule has 0 fully saturated rings. The molecule has 3 rings (SSSR count). The van der Waals surface area contributed by atoms with Crippen molar-refractivity contribution in [2.24, 2.45) is 0 Å². The summed E-state index contributed by atoms with van der Waals surface area (Å²) in [5.41, 5.74) is 1.77. The minimum absolute atomic E-state index is 0.557. The maximum absolute atomic E-state index is 6.20. The number of rotatable bonds is 7. The molecule has 0 radical (unpaired) electrons. The minimum atomic E-state index is 0.557. The number of nitrogens with zero attached hydrogens (tertiary/aromatic N) is 4. The van der Waals surface area contributed by atoms with Gasteiger partial charge in [0.15, 0.2) is 5.11 Å². The van der Waals surface area contributed by atoms with Crippen molar-refractivity contribution in [3.05, 3.63) is 64.7 Å². The van der Waals surface area contributed by atoms with Crippen molar-refractivity contribution in [1.82, 2.24) is 24.9 Å². The van der Waals surface area contributed by atoms with Crippen LogP contribution >= 0.6 is 35.4 Å². The molecule has 2 aromatic heterocycles. The largest absolute Gasteiger partial charge is 0.362 e. The first kappa shape index (κ1) is 18.7. The second kappa shape index (κ2) is 9.02. The fourth-order valence-corrected chi connectivity index (χ4v) is 3.08. The molecule has 0 aliphatic rings. The molecular weight excluding hydrogens is 391 g/mol. The van der Waals surface area contributed by atoms with Crippen LogP contribution in [0.1, 0.15) is 12.0 Å². The summed E-state index contributed by atoms with van der Waals surface area (Å²) in [6, 6.07) is 7.34. The smallest absolute Gasteiger partial charge is 0.170 e. The molecule has 0 atom stereocenters. The zero-order valence-corrected chi connectivity index (χ0v) is 16.2. The summed E-state index contributed by atoms with van der Waals surface area (Å²) < 4.78 is 3.68. The third-order valence-electron chi connectivity index (χ3n) is 3.65. The van der Waals surface area contributed by atoms with E-state index in [0.717, 1.165) is 30.8 Å². The van der Waals surface area contributed by atoms with Crippen LogP contribution in [0.5, 0.6) is 0 Å². The molecule has 0 aliphatic heterocycles. The van der Waals surface area contributed by atoms with E-state index < -0.39 is 0 Å². The first-order valence-electron chi connectivity index (χ1n) is 8.09. The molecule has 0 amide bonds. The predicted octanol–water partition coefficient (Wildman–Crippen LogP) is 3.81. The van der Waals surface area contributed by atoms with Gasteiger partial charge in [-0.3, -0.25) is 9.36 Å². The number of halogens is 2. The van der Waals surface area contributed by atoms with Crippen LogP contribution in [-0.4, -0.2) is 31.2 Å². The van der Waals surface area contributed by atoms with Crippen LogP contribution in [0.25, 0.3) is 0 Å². The van der Waals surface area contributed by atoms with E-state index in [0.29, 0.717) is 21.7 Å². The van der Waals surface area contributed by atoms with Crippen LogP contribution in [0.15, 0.2) is 49.1 Å². The van der Waals surface area contributed by atoms with E-state index >= 15 is 0 Å². The Kier molecular flexibility index (Phi) is 6.49. The van der Waals surface area contributed by atoms with Gasteiger partial charge in [0.25, 0.3) is 0 Å². The Morgan fingerprint density at radius 1 is 1.19 bits per heavy atom. The van der Waals surface area contributed by atoms with Crippen molar-refractivity contribution >= 4 is 46.2 Å². The Morgan fingerprint density at radius 3 is 2.85 bits per heavy atom. The summed E-state index contributed by atoms with van der Waals surface area (Å²) in [6.45, 7) is 2.17. The Bertz CT molecular complexity index is 862. The van der Waals surface area contributed by atoms with Crippen LogP contribution in [0.4, 0.5) is 5.69 Å². The molecule has 6 nitrogen and oxygen atoms in total. The average molecular weight is 409 g/mol. The minimum Gasteiger partial charge on any atom is -0.362 e. The second-order valence-electron chi connectivity index (χ2n) is 5.67. The number of hydrogen-bond donors (Lipinski definition) is 2. The molecule has 26 heavy (non-hydrogen) atoms. The summed E-state index contributed by atoms with van der Waals surface area (Å²) in [5, 5.41) is 16.6. The van der Waals surface area contributed by atoms with Gasteiger partial charge in [0.05, 0.1) is 18.4 Å². The highest BCUT2D eigenvalue weighted by molar-refractivity contribution is 7.80. The molecule has 0 saturated carbocycles. The highest BCUT2D eigenvalue weighted by Crippen LogP contribution is 2.22. The maximum atomic E-state index is 6.20. The second-order valence-corrected chi connectivity index (χ2v) is 6.92. The fraction of sp³-hybridized carbons (Fsp3) is 0.235. The predicted molar refractivity (Wildman–Crippen MR) is 109 cm³/mol. The van der Waals surface area contributed by atoms with Crippen LogP contribution in [0.2, 0.25) is 10.0 Å². The van der Waals surface area contributed by atoms with Crippen molar-refractivity contribution in [3.63, 3.8) is 0 Å². The van der Waals surface area contributed by atoms with Gasteiger partial charge in [-0.2, -0.15) is 10.2 Å². The maximum Gasteiger partial charge on any atom is 0.170 e. The molecule has 2 N–H and O–H groups in total. The lowest BCUT2D eigenvalue weighted by Gasteiger charge is -2.09. The number of aromatic nitrogens is 4. The summed E-state index contributed by atoms with van der Waals surface area (Å²) in [4.78, 5) is 0. The quantitative estimate of drug-likeness (QED) is 0.459. The molecule has 1 aromatic carbocycles. The molecule has 136 valence electrons. The van der Waals surface area contributed by atoms with Crippen LogP contribution in [0.3, 0.4) is 0 Å². The topological polar surface area (TPSA) is 59.7 Å². The number of benzene rings is 1. The number of anilines is 1. The first-order chi connectivity index (χ1) is 12.6. The van der Waals surface area contributed by atoms with Crippen molar-refractivity contribution in [3.8, 4) is 0 Å². The molecule has 9 heteroatoms. The first-order valence-corrected chi connectivity index (χ1v) is 9.25. The molecule has 0 aliphatic carbocycles. The van der Waals surface area contributed by atoms with Gasteiger partial charge >= 0.3 is 0 Å². The van der Waals surface area contributed by atoms with E-state index in [2.05, 4.69) is 20.8 Å². The van der Waals surface area contributed by atoms with Crippen molar-refractivity contribution in [2.45, 2.75) is 19.5 Å². The van der Waals surface area contributed by atoms with Gasteiger partial charge in [0.2, 0.25) is 0 Å². The molecule has 2 heterocycles. The van der Waals surface area contributed by atoms with Gasteiger partial charge in [0.1, 0.15) is 0 Å². The Labute approximate surface area is 167 Å². The van der Waals surface area contributed by atoms with Crippen LogP contribution in [0, 0.1) is 0 Å². The molecule has 3 aromatic rings. The summed E-state index contributed by atoms with van der Waals surface area (Å²) in [5.74, 6) is 0. The summed E-state index contributed by atoms with van der Waals surface area (Å²) in [7, 11) is 0. The lowest BCUT2D eigenvalue weighted by molar-refractivity contribution is 0.574. The standard InChI is InChI=1S/C17H18Cl2N6S/c18-14-4-3-13(16(19)9-14)11-25-12-15(10-22-25)23-17(26)20-5-1-7-24-8-2-6-21-24/h2-4,6,8-10,12H,1,5,7,11H2,(H2,20,23,26). The molecular formula is C17H18Cl2N6S. The highest BCUT2D eigenvalue weighted by atomic mass is 35.5. The van der Waals surface area contributed by atoms with Gasteiger partial charge in [-0.1, -0.05) is 29.3 Å². The van der Waals surface area contributed by atoms with Crippen molar-refractivity contribution in [2.75, 3.05) is 11.9 Å². The van der Waals surface area contributed by atoms with Gasteiger partial charge in [-0.15, -0.1) is 0 Å². The van der Waals surface area contributed by atoms with E-state index in [1.165, 1.54) is 0 Å². The van der Waals surface area contributed by atoms with E-state index in [4.69, 9.17) is 35.4 Å². The van der Waals surface area contributed by atoms with Crippen molar-refractivity contribution < 1.29 is 0 Å². The summed E-state index contributed by atoms with van der Waals surface area (Å²) in [6.07, 6.45) is 8.24. The zero-order chi connectivity index (χ0) is 18.4. The lowest BCUT2D eigenvalue weighted by atomic mass is 10.2. The number of hydrogen-bond acceptors (Lipinski definition) is 3. The Balaban J connectivity index is 1.44. The van der Waals surface area contributed by atoms with E-state index in [1.54, 1.807) is 23.1 Å². The monoisotopic (exact) mass is 408 g/mol. The van der Waals surface area contributed by atoms with E-state index in [9.17, 15) is 0 Å². The molecule has 0 spiro atoms. The SMILES string of the molecule is S=C(NCCCn1cccn1)Nc1cnn(Cc2ccc(Cl)cc2Cl)c1. The van der Waals surface area contributed by atoms with E-state index in [1.807, 2.05) is 35.3 Å². The van der Waals surface area contributed by atoms with Gasteiger partial charge in [0, 0.05) is 41.7 Å². The van der Waals surface area contributed by atoms with Gasteiger partial charge in [-0.05, 0) is 42.4 Å². The molecule has 0 unspecified atom stereocenters. The van der Waals surface area contributed by atoms with Crippen molar-refractivity contribution in [1.29, 1.82) is 0 Å². The Morgan fingerprint density at radius 2 is 2.08 bits per heavy atom. The average Bonchev–Trinajstić information content (AvgIpc) is 3.26. The normalized spacial score (nSPS) is 10.7. The Hall–Kier alpha value is -2.09. The molecule has 0 bridgehead atoms. The van der Waals surface area contributed by atoms with E-state index in [-0.39, 0.29) is 0 Å². The van der Waals surface area contributed by atoms with Gasteiger partial charge in [-0.25, -0.2) is 0 Å². The number of aryl methyl sites for hydroxylation is 1. The third kappa shape index (κ3) is 5.45. The zero-order valence-electron chi connectivity index (χ0n) is 13.9. The lowest BCUT2D eigenvalue weighted by Crippen LogP contribution is -2.29. The molecule has 0 saturated heterocycles. The van der Waals surface area contributed by atoms with Gasteiger partial charge < -0.3 is 10.6 Å².